The van der Waals surface area contributed by atoms with E-state index in [-0.39, 0.29) is 23.9 Å². The third-order valence-electron chi connectivity index (χ3n) is 7.06. The molecule has 0 saturated heterocycles. The lowest BCUT2D eigenvalue weighted by Crippen LogP contribution is -2.54. The summed E-state index contributed by atoms with van der Waals surface area (Å²) in [6.07, 6.45) is 0.168. The number of amides is 2. The number of aryl methyl sites for hydroxylation is 1. The third-order valence-corrected chi connectivity index (χ3v) is 9.81. The van der Waals surface area contributed by atoms with Gasteiger partial charge in [-0.3, -0.25) is 13.9 Å². The van der Waals surface area contributed by atoms with Gasteiger partial charge < -0.3 is 10.2 Å². The van der Waals surface area contributed by atoms with E-state index in [4.69, 9.17) is 34.8 Å². The van der Waals surface area contributed by atoms with Crippen LogP contribution in [0, 0.1) is 6.92 Å². The van der Waals surface area contributed by atoms with E-state index in [0.717, 1.165) is 15.4 Å². The van der Waals surface area contributed by atoms with Gasteiger partial charge in [0.05, 0.1) is 10.6 Å². The number of nitrogens with one attached hydrogen (secondary N) is 1. The highest BCUT2D eigenvalue weighted by molar-refractivity contribution is 7.92. The number of hydrogen-bond donors (Lipinski definition) is 1. The molecule has 0 saturated carbocycles. The van der Waals surface area contributed by atoms with Gasteiger partial charge in [0.25, 0.3) is 10.0 Å². The van der Waals surface area contributed by atoms with Crippen LogP contribution < -0.4 is 9.62 Å². The average molecular weight is 687 g/mol. The molecule has 0 aliphatic heterocycles. The number of carbonyl (C=O) groups excluding carboxylic acids is 2. The van der Waals surface area contributed by atoms with E-state index in [2.05, 4.69) is 5.32 Å². The molecule has 2 amide bonds. The Kier molecular flexibility index (Phi) is 11.6. The predicted octanol–water partition coefficient (Wildman–Crippen LogP) is 7.32. The summed E-state index contributed by atoms with van der Waals surface area (Å²) < 4.78 is 29.3. The molecule has 0 aliphatic rings. The lowest BCUT2D eigenvalue weighted by Gasteiger charge is -2.34. The molecule has 7 nitrogen and oxygen atoms in total. The first-order chi connectivity index (χ1) is 21.4. The molecule has 4 rings (SSSR count). The van der Waals surface area contributed by atoms with Crippen molar-refractivity contribution in [2.45, 2.75) is 50.7 Å². The van der Waals surface area contributed by atoms with Crippen LogP contribution in [0.2, 0.25) is 15.1 Å². The Morgan fingerprint density at radius 2 is 1.44 bits per heavy atom. The van der Waals surface area contributed by atoms with E-state index in [1.54, 1.807) is 36.4 Å². The molecule has 0 unspecified atom stereocenters. The first kappa shape index (κ1) is 34.3. The molecule has 236 valence electrons. The first-order valence-corrected chi connectivity index (χ1v) is 16.9. The molecule has 0 heterocycles. The van der Waals surface area contributed by atoms with Gasteiger partial charge in [0.1, 0.15) is 12.6 Å². The van der Waals surface area contributed by atoms with Crippen molar-refractivity contribution in [1.29, 1.82) is 0 Å². The lowest BCUT2D eigenvalue weighted by molar-refractivity contribution is -0.140. The summed E-state index contributed by atoms with van der Waals surface area (Å²) in [4.78, 5) is 29.6. The van der Waals surface area contributed by atoms with Gasteiger partial charge in [-0.05, 0) is 80.4 Å². The summed E-state index contributed by atoms with van der Waals surface area (Å²) in [5.74, 6) is -1.02. The van der Waals surface area contributed by atoms with E-state index in [0.29, 0.717) is 26.3 Å². The fourth-order valence-electron chi connectivity index (χ4n) is 4.83. The molecule has 45 heavy (non-hydrogen) atoms. The number of sulfonamides is 1. The quantitative estimate of drug-likeness (QED) is 0.169. The number of benzene rings is 4. The van der Waals surface area contributed by atoms with Crippen LogP contribution in [0.1, 0.15) is 30.5 Å². The molecule has 0 fully saturated rings. The number of carbonyl (C=O) groups is 2. The zero-order valence-electron chi connectivity index (χ0n) is 25.1. The van der Waals surface area contributed by atoms with Crippen molar-refractivity contribution >= 4 is 62.3 Å². The number of rotatable bonds is 12. The maximum atomic E-state index is 14.5. The molecule has 1 N–H and O–H groups in total. The highest BCUT2D eigenvalue weighted by Crippen LogP contribution is 2.29. The number of halogens is 3. The Labute approximate surface area is 279 Å². The minimum Gasteiger partial charge on any atom is -0.352 e. The van der Waals surface area contributed by atoms with Crippen LogP contribution in [0.15, 0.2) is 102 Å². The fraction of sp³-hybridized carbons (Fsp3) is 0.235. The summed E-state index contributed by atoms with van der Waals surface area (Å²) in [5, 5.41) is 3.92. The largest absolute Gasteiger partial charge is 0.352 e. The first-order valence-electron chi connectivity index (χ1n) is 14.3. The smallest absolute Gasteiger partial charge is 0.264 e. The van der Waals surface area contributed by atoms with Gasteiger partial charge in [0.15, 0.2) is 0 Å². The van der Waals surface area contributed by atoms with Crippen molar-refractivity contribution in [3.8, 4) is 0 Å². The highest BCUT2D eigenvalue weighted by Gasteiger charge is 2.35. The fourth-order valence-corrected chi connectivity index (χ4v) is 6.88. The standard InChI is InChI=1S/C34H34Cl3N3O4S/c1-23(2)38-34(42)32(20-25-10-5-4-6-11-25)39(21-29-30(36)13-8-14-31(29)37)33(41)22-40(27-12-7-9-24(3)19-27)45(43,44)28-17-15-26(35)16-18-28/h4-19,23,32H,20-22H2,1-3H3,(H,38,42)/t32-/m0/s1. The van der Waals surface area contributed by atoms with Crippen molar-refractivity contribution in [2.24, 2.45) is 0 Å². The Morgan fingerprint density at radius 3 is 2.04 bits per heavy atom. The maximum Gasteiger partial charge on any atom is 0.264 e. The second-order valence-corrected chi connectivity index (χ2v) is 14.0. The second-order valence-electron chi connectivity index (χ2n) is 10.9. The molecule has 11 heteroatoms. The van der Waals surface area contributed by atoms with Crippen molar-refractivity contribution in [2.75, 3.05) is 10.8 Å². The van der Waals surface area contributed by atoms with E-state index >= 15 is 0 Å². The SMILES string of the molecule is Cc1cccc(N(CC(=O)N(Cc2c(Cl)cccc2Cl)[C@@H](Cc2ccccc2)C(=O)NC(C)C)S(=O)(=O)c2ccc(Cl)cc2)c1. The predicted molar refractivity (Wildman–Crippen MR) is 181 cm³/mol. The van der Waals surface area contributed by atoms with Gasteiger partial charge >= 0.3 is 0 Å². The highest BCUT2D eigenvalue weighted by atomic mass is 35.5. The second kappa shape index (κ2) is 15.1. The molecule has 4 aromatic carbocycles. The minimum atomic E-state index is -4.25. The number of anilines is 1. The zero-order chi connectivity index (χ0) is 32.7. The summed E-state index contributed by atoms with van der Waals surface area (Å²) in [6.45, 7) is 4.75. The Morgan fingerprint density at radius 1 is 0.822 bits per heavy atom. The third kappa shape index (κ3) is 8.79. The lowest BCUT2D eigenvalue weighted by atomic mass is 10.0. The molecule has 0 aliphatic carbocycles. The summed E-state index contributed by atoms with van der Waals surface area (Å²) in [6, 6.07) is 25.6. The zero-order valence-corrected chi connectivity index (χ0v) is 28.2. The molecular formula is C34H34Cl3N3O4S. The molecule has 0 aromatic heterocycles. The van der Waals surface area contributed by atoms with Crippen LogP contribution in [0.4, 0.5) is 5.69 Å². The van der Waals surface area contributed by atoms with Gasteiger partial charge in [-0.2, -0.15) is 0 Å². The summed E-state index contributed by atoms with van der Waals surface area (Å²) in [7, 11) is -4.25. The van der Waals surface area contributed by atoms with Crippen molar-refractivity contribution in [1.82, 2.24) is 10.2 Å². The van der Waals surface area contributed by atoms with Gasteiger partial charge in [0.2, 0.25) is 11.8 Å². The topological polar surface area (TPSA) is 86.8 Å². The van der Waals surface area contributed by atoms with Gasteiger partial charge in [-0.25, -0.2) is 8.42 Å². The summed E-state index contributed by atoms with van der Waals surface area (Å²) >= 11 is 19.1. The van der Waals surface area contributed by atoms with E-state index < -0.39 is 34.4 Å². The van der Waals surface area contributed by atoms with Gasteiger partial charge in [-0.15, -0.1) is 0 Å². The normalized spacial score (nSPS) is 12.1. The monoisotopic (exact) mass is 685 g/mol. The van der Waals surface area contributed by atoms with Crippen LogP contribution in [-0.2, 0) is 32.6 Å². The van der Waals surface area contributed by atoms with E-state index in [1.165, 1.54) is 29.2 Å². The molecule has 0 radical (unpaired) electrons. The van der Waals surface area contributed by atoms with Crippen molar-refractivity contribution < 1.29 is 18.0 Å². The summed E-state index contributed by atoms with van der Waals surface area (Å²) in [5.41, 5.74) is 2.34. The Bertz CT molecular complexity index is 1730. The molecular weight excluding hydrogens is 653 g/mol. The molecule has 4 aromatic rings. The van der Waals surface area contributed by atoms with Crippen molar-refractivity contribution in [3.63, 3.8) is 0 Å². The van der Waals surface area contributed by atoms with Gasteiger partial charge in [0, 0.05) is 39.6 Å². The number of nitrogens with zero attached hydrogens (tertiary/aromatic N) is 2. The van der Waals surface area contributed by atoms with Gasteiger partial charge in [-0.1, -0.05) is 83.3 Å². The maximum absolute atomic E-state index is 14.5. The van der Waals surface area contributed by atoms with Crippen LogP contribution in [0.25, 0.3) is 0 Å². The van der Waals surface area contributed by atoms with Crippen LogP contribution in [0.5, 0.6) is 0 Å². The minimum absolute atomic E-state index is 0.0414. The van der Waals surface area contributed by atoms with E-state index in [1.807, 2.05) is 57.2 Å². The Hall–Kier alpha value is -3.56. The molecule has 0 bridgehead atoms. The Balaban J connectivity index is 1.84. The molecule has 0 spiro atoms. The van der Waals surface area contributed by atoms with Crippen molar-refractivity contribution in [3.05, 3.63) is 129 Å². The van der Waals surface area contributed by atoms with Crippen LogP contribution in [0.3, 0.4) is 0 Å². The average Bonchev–Trinajstić information content (AvgIpc) is 2.99. The van der Waals surface area contributed by atoms with Crippen LogP contribution in [-0.4, -0.2) is 43.8 Å². The number of hydrogen-bond acceptors (Lipinski definition) is 4. The van der Waals surface area contributed by atoms with Crippen LogP contribution >= 0.6 is 34.8 Å². The van der Waals surface area contributed by atoms with E-state index in [9.17, 15) is 18.0 Å². The molecule has 1 atom stereocenters.